The maximum absolute atomic E-state index is 11.7. The van der Waals surface area contributed by atoms with E-state index in [0.29, 0.717) is 11.7 Å². The number of carbonyl (C=O) groups is 1. The number of nitrogens with two attached hydrogens (primary N) is 1. The molecule has 19 heavy (non-hydrogen) atoms. The summed E-state index contributed by atoms with van der Waals surface area (Å²) in [6.07, 6.45) is 0.223. The molecule has 6 heteroatoms. The number of nitrogens with one attached hydrogen (secondary N) is 1. The van der Waals surface area contributed by atoms with Crippen LogP contribution in [-0.2, 0) is 11.3 Å². The number of amides is 1. The summed E-state index contributed by atoms with van der Waals surface area (Å²) in [7, 11) is 0. The van der Waals surface area contributed by atoms with Gasteiger partial charge in [-0.2, -0.15) is 4.98 Å². The van der Waals surface area contributed by atoms with Gasteiger partial charge in [-0.3, -0.25) is 4.79 Å². The van der Waals surface area contributed by atoms with Crippen molar-refractivity contribution in [2.24, 2.45) is 5.73 Å². The summed E-state index contributed by atoms with van der Waals surface area (Å²) < 4.78 is 4.81. The Kier molecular flexibility index (Phi) is 4.25. The van der Waals surface area contributed by atoms with Gasteiger partial charge in [-0.1, -0.05) is 35.5 Å². The second kappa shape index (κ2) is 6.10. The van der Waals surface area contributed by atoms with Gasteiger partial charge in [0.2, 0.25) is 11.8 Å². The highest BCUT2D eigenvalue weighted by Crippen LogP contribution is 2.12. The second-order valence-electron chi connectivity index (χ2n) is 4.23. The van der Waals surface area contributed by atoms with Gasteiger partial charge in [0, 0.05) is 19.4 Å². The van der Waals surface area contributed by atoms with Crippen molar-refractivity contribution < 1.29 is 9.32 Å². The van der Waals surface area contributed by atoms with E-state index in [1.165, 1.54) is 0 Å². The lowest BCUT2D eigenvalue weighted by Crippen LogP contribution is -2.27. The molecule has 0 saturated heterocycles. The molecule has 2 rings (SSSR count). The molecule has 0 aliphatic carbocycles. The normalized spacial score (nSPS) is 12.1. The summed E-state index contributed by atoms with van der Waals surface area (Å²) in [6, 6.07) is 9.20. The molecular weight excluding hydrogens is 244 g/mol. The smallest absolute Gasteiger partial charge is 0.223 e. The lowest BCUT2D eigenvalue weighted by molar-refractivity contribution is -0.121. The first-order valence-electron chi connectivity index (χ1n) is 6.01. The van der Waals surface area contributed by atoms with Gasteiger partial charge in [0.15, 0.2) is 5.82 Å². The maximum atomic E-state index is 11.7. The SMILES string of the molecule is Cc1nc(CNC(=O)CC(N)c2ccccc2)no1. The highest BCUT2D eigenvalue weighted by molar-refractivity contribution is 5.76. The number of nitrogens with zero attached hydrogens (tertiary/aromatic N) is 2. The summed E-state index contributed by atoms with van der Waals surface area (Å²) >= 11 is 0. The fourth-order valence-corrected chi connectivity index (χ4v) is 1.68. The molecule has 1 aromatic heterocycles. The van der Waals surface area contributed by atoms with Crippen molar-refractivity contribution >= 4 is 5.91 Å². The Hall–Kier alpha value is -2.21. The van der Waals surface area contributed by atoms with E-state index in [1.807, 2.05) is 30.3 Å². The second-order valence-corrected chi connectivity index (χ2v) is 4.23. The predicted molar refractivity (Wildman–Crippen MR) is 68.9 cm³/mol. The zero-order valence-corrected chi connectivity index (χ0v) is 10.7. The van der Waals surface area contributed by atoms with Crippen molar-refractivity contribution in [3.8, 4) is 0 Å². The Morgan fingerprint density at radius 1 is 1.42 bits per heavy atom. The Morgan fingerprint density at radius 3 is 2.79 bits per heavy atom. The molecule has 1 aromatic carbocycles. The van der Waals surface area contributed by atoms with E-state index in [-0.39, 0.29) is 24.9 Å². The van der Waals surface area contributed by atoms with Crippen LogP contribution in [0.4, 0.5) is 0 Å². The molecule has 0 aliphatic rings. The number of hydrogen-bond acceptors (Lipinski definition) is 5. The Bertz CT molecular complexity index is 539. The molecule has 100 valence electrons. The van der Waals surface area contributed by atoms with Crippen LogP contribution in [0, 0.1) is 6.92 Å². The molecule has 2 aromatic rings. The average molecular weight is 260 g/mol. The van der Waals surface area contributed by atoms with Crippen molar-refractivity contribution in [3.05, 3.63) is 47.6 Å². The minimum atomic E-state index is -0.312. The molecule has 6 nitrogen and oxygen atoms in total. The summed E-state index contributed by atoms with van der Waals surface area (Å²) in [5.41, 5.74) is 6.90. The first-order valence-corrected chi connectivity index (χ1v) is 6.01. The third kappa shape index (κ3) is 3.89. The number of hydrogen-bond donors (Lipinski definition) is 2. The molecule has 0 spiro atoms. The zero-order valence-electron chi connectivity index (χ0n) is 10.7. The van der Waals surface area contributed by atoms with Crippen molar-refractivity contribution in [1.29, 1.82) is 0 Å². The van der Waals surface area contributed by atoms with Gasteiger partial charge >= 0.3 is 0 Å². The molecule has 0 fully saturated rings. The number of aryl methyl sites for hydroxylation is 1. The standard InChI is InChI=1S/C13H16N4O2/c1-9-16-12(17-19-9)8-15-13(18)7-11(14)10-5-3-2-4-6-10/h2-6,11H,7-8,14H2,1H3,(H,15,18). The third-order valence-corrected chi connectivity index (χ3v) is 2.65. The van der Waals surface area contributed by atoms with Gasteiger partial charge in [-0.15, -0.1) is 0 Å². The van der Waals surface area contributed by atoms with Crippen molar-refractivity contribution in [1.82, 2.24) is 15.5 Å². The lowest BCUT2D eigenvalue weighted by Gasteiger charge is -2.11. The summed E-state index contributed by atoms with van der Waals surface area (Å²) in [4.78, 5) is 15.7. The monoisotopic (exact) mass is 260 g/mol. The molecular formula is C13H16N4O2. The van der Waals surface area contributed by atoms with Gasteiger partial charge in [0.1, 0.15) is 0 Å². The molecule has 1 atom stereocenters. The summed E-state index contributed by atoms with van der Waals surface area (Å²) in [5, 5.41) is 6.40. The van der Waals surface area contributed by atoms with Crippen LogP contribution in [0.5, 0.6) is 0 Å². The largest absolute Gasteiger partial charge is 0.349 e. The molecule has 1 heterocycles. The van der Waals surface area contributed by atoms with Gasteiger partial charge in [0.05, 0.1) is 6.54 Å². The Morgan fingerprint density at radius 2 is 2.16 bits per heavy atom. The van der Waals surface area contributed by atoms with E-state index in [1.54, 1.807) is 6.92 Å². The minimum Gasteiger partial charge on any atom is -0.349 e. The highest BCUT2D eigenvalue weighted by atomic mass is 16.5. The first kappa shape index (κ1) is 13.2. The van der Waals surface area contributed by atoms with Gasteiger partial charge < -0.3 is 15.6 Å². The summed E-state index contributed by atoms with van der Waals surface area (Å²) in [5.74, 6) is 0.795. The number of benzene rings is 1. The summed E-state index contributed by atoms with van der Waals surface area (Å²) in [6.45, 7) is 1.95. The van der Waals surface area contributed by atoms with Gasteiger partial charge in [-0.25, -0.2) is 0 Å². The van der Waals surface area contributed by atoms with Gasteiger partial charge in [-0.05, 0) is 5.56 Å². The lowest BCUT2D eigenvalue weighted by atomic mass is 10.0. The fourth-order valence-electron chi connectivity index (χ4n) is 1.68. The van der Waals surface area contributed by atoms with E-state index < -0.39 is 0 Å². The zero-order chi connectivity index (χ0) is 13.7. The van der Waals surface area contributed by atoms with Crippen LogP contribution in [0.3, 0.4) is 0 Å². The Labute approximate surface area is 111 Å². The highest BCUT2D eigenvalue weighted by Gasteiger charge is 2.12. The Balaban J connectivity index is 1.81. The van der Waals surface area contributed by atoms with E-state index in [2.05, 4.69) is 15.5 Å². The van der Waals surface area contributed by atoms with Crippen LogP contribution in [0.15, 0.2) is 34.9 Å². The minimum absolute atomic E-state index is 0.140. The molecule has 1 unspecified atom stereocenters. The maximum Gasteiger partial charge on any atom is 0.223 e. The quantitative estimate of drug-likeness (QED) is 0.839. The van der Waals surface area contributed by atoms with Crippen LogP contribution in [-0.4, -0.2) is 16.0 Å². The number of carbonyl (C=O) groups excluding carboxylic acids is 1. The molecule has 0 bridgehead atoms. The average Bonchev–Trinajstić information content (AvgIpc) is 2.83. The number of aromatic nitrogens is 2. The van der Waals surface area contributed by atoms with Crippen LogP contribution in [0.25, 0.3) is 0 Å². The topological polar surface area (TPSA) is 94.0 Å². The molecule has 0 radical (unpaired) electrons. The van der Waals surface area contributed by atoms with E-state index >= 15 is 0 Å². The van der Waals surface area contributed by atoms with Crippen LogP contribution in [0.2, 0.25) is 0 Å². The van der Waals surface area contributed by atoms with E-state index in [9.17, 15) is 4.79 Å². The molecule has 0 saturated carbocycles. The molecule has 3 N–H and O–H groups in total. The van der Waals surface area contributed by atoms with Crippen molar-refractivity contribution in [3.63, 3.8) is 0 Å². The van der Waals surface area contributed by atoms with Crippen LogP contribution < -0.4 is 11.1 Å². The van der Waals surface area contributed by atoms with Crippen LogP contribution in [0.1, 0.15) is 29.7 Å². The predicted octanol–water partition coefficient (Wildman–Crippen LogP) is 1.08. The van der Waals surface area contributed by atoms with Crippen LogP contribution >= 0.6 is 0 Å². The van der Waals surface area contributed by atoms with Crippen molar-refractivity contribution in [2.45, 2.75) is 25.9 Å². The van der Waals surface area contributed by atoms with Gasteiger partial charge in [0.25, 0.3) is 0 Å². The molecule has 1 amide bonds. The molecule has 0 aliphatic heterocycles. The van der Waals surface area contributed by atoms with E-state index in [4.69, 9.17) is 10.3 Å². The first-order chi connectivity index (χ1) is 9.15. The third-order valence-electron chi connectivity index (χ3n) is 2.65. The fraction of sp³-hybridized carbons (Fsp3) is 0.308. The number of rotatable bonds is 5. The van der Waals surface area contributed by atoms with Crippen molar-refractivity contribution in [2.75, 3.05) is 0 Å². The van der Waals surface area contributed by atoms with E-state index in [0.717, 1.165) is 5.56 Å².